The number of hydrogen-bond donors (Lipinski definition) is 0. The summed E-state index contributed by atoms with van der Waals surface area (Å²) >= 11 is 0. The lowest BCUT2D eigenvalue weighted by Crippen LogP contribution is -2.29. The highest BCUT2D eigenvalue weighted by Crippen LogP contribution is 2.46. The predicted octanol–water partition coefficient (Wildman–Crippen LogP) is 10.1. The molecule has 0 atom stereocenters. The van der Waals surface area contributed by atoms with E-state index < -0.39 is 0 Å². The highest BCUT2D eigenvalue weighted by atomic mass is 19.1. The van der Waals surface area contributed by atoms with Crippen molar-refractivity contribution in [3.8, 4) is 0 Å². The molecule has 1 aromatic carbocycles. The summed E-state index contributed by atoms with van der Waals surface area (Å²) in [6.45, 7) is 2.18. The summed E-state index contributed by atoms with van der Waals surface area (Å²) in [5.41, 5.74) is 2.87. The average Bonchev–Trinajstić information content (AvgIpc) is 2.89. The molecule has 0 amide bonds. The fourth-order valence-electron chi connectivity index (χ4n) is 8.06. The Kier molecular flexibility index (Phi) is 10.8. The third-order valence-electron chi connectivity index (χ3n) is 10.3. The number of hydrogen-bond acceptors (Lipinski definition) is 0. The van der Waals surface area contributed by atoms with Crippen molar-refractivity contribution >= 4 is 0 Å². The molecule has 1 aromatic rings. The van der Waals surface area contributed by atoms with Gasteiger partial charge in [0.05, 0.1) is 6.67 Å². The van der Waals surface area contributed by atoms with Crippen LogP contribution in [0.15, 0.2) is 24.3 Å². The molecule has 0 aromatic heterocycles. The van der Waals surface area contributed by atoms with Crippen LogP contribution in [0.25, 0.3) is 0 Å². The van der Waals surface area contributed by atoms with Crippen LogP contribution in [0.2, 0.25) is 0 Å². The zero-order valence-electron chi connectivity index (χ0n) is 22.3. The van der Waals surface area contributed by atoms with E-state index in [1.165, 1.54) is 75.3 Å². The van der Waals surface area contributed by atoms with Crippen LogP contribution in [0.1, 0.15) is 127 Å². The highest BCUT2D eigenvalue weighted by molar-refractivity contribution is 5.22. The van der Waals surface area contributed by atoms with E-state index in [0.29, 0.717) is 6.42 Å². The van der Waals surface area contributed by atoms with Crippen LogP contribution in [0.3, 0.4) is 0 Å². The molecule has 0 bridgehead atoms. The van der Waals surface area contributed by atoms with Gasteiger partial charge in [-0.05, 0) is 130 Å². The Labute approximate surface area is 210 Å². The third-order valence-corrected chi connectivity index (χ3v) is 10.3. The molecule has 4 rings (SSSR count). The van der Waals surface area contributed by atoms with Crippen LogP contribution in [0.4, 0.5) is 4.39 Å². The SMILES string of the molecule is CCCC1CCC(C2CCC(C3CCC(CCc4ccc(CCCCF)cc4)CC3)CC2)CC1. The van der Waals surface area contributed by atoms with Crippen LogP contribution in [-0.4, -0.2) is 6.67 Å². The van der Waals surface area contributed by atoms with E-state index in [9.17, 15) is 4.39 Å². The molecule has 0 nitrogen and oxygen atoms in total. The number of benzene rings is 1. The Morgan fingerprint density at radius 2 is 0.971 bits per heavy atom. The molecule has 3 aliphatic rings. The van der Waals surface area contributed by atoms with Gasteiger partial charge in [-0.25, -0.2) is 0 Å². The lowest BCUT2D eigenvalue weighted by atomic mass is 9.64. The monoisotopic (exact) mass is 468 g/mol. The van der Waals surface area contributed by atoms with Crippen molar-refractivity contribution < 1.29 is 4.39 Å². The second-order valence-electron chi connectivity index (χ2n) is 12.5. The first-order chi connectivity index (χ1) is 16.7. The van der Waals surface area contributed by atoms with E-state index in [4.69, 9.17) is 0 Å². The van der Waals surface area contributed by atoms with Crippen molar-refractivity contribution in [1.29, 1.82) is 0 Å². The van der Waals surface area contributed by atoms with Crippen LogP contribution < -0.4 is 0 Å². The zero-order chi connectivity index (χ0) is 23.6. The van der Waals surface area contributed by atoms with Crippen LogP contribution in [0, 0.1) is 35.5 Å². The normalized spacial score (nSPS) is 32.5. The third kappa shape index (κ3) is 7.83. The van der Waals surface area contributed by atoms with E-state index in [2.05, 4.69) is 31.2 Å². The van der Waals surface area contributed by atoms with Crippen LogP contribution in [-0.2, 0) is 12.8 Å². The quantitative estimate of drug-likeness (QED) is 0.283. The number of rotatable bonds is 11. The minimum Gasteiger partial charge on any atom is -0.251 e. The maximum absolute atomic E-state index is 12.3. The lowest BCUT2D eigenvalue weighted by molar-refractivity contribution is 0.102. The topological polar surface area (TPSA) is 0 Å². The van der Waals surface area contributed by atoms with Gasteiger partial charge in [-0.15, -0.1) is 0 Å². The molecule has 0 radical (unpaired) electrons. The largest absolute Gasteiger partial charge is 0.251 e. The molecule has 192 valence electrons. The van der Waals surface area contributed by atoms with E-state index in [1.807, 2.05) is 0 Å². The van der Waals surface area contributed by atoms with Crippen molar-refractivity contribution in [2.45, 2.75) is 129 Å². The lowest BCUT2D eigenvalue weighted by Gasteiger charge is -2.41. The Morgan fingerprint density at radius 3 is 1.41 bits per heavy atom. The van der Waals surface area contributed by atoms with Crippen LogP contribution in [0.5, 0.6) is 0 Å². The van der Waals surface area contributed by atoms with E-state index in [-0.39, 0.29) is 6.67 Å². The first-order valence-corrected chi connectivity index (χ1v) is 15.4. The second kappa shape index (κ2) is 14.0. The van der Waals surface area contributed by atoms with Crippen LogP contribution >= 0.6 is 0 Å². The summed E-state index contributed by atoms with van der Waals surface area (Å²) in [6.07, 6.45) is 26.5. The van der Waals surface area contributed by atoms with Gasteiger partial charge < -0.3 is 0 Å². The second-order valence-corrected chi connectivity index (χ2v) is 12.5. The Balaban J connectivity index is 1.10. The van der Waals surface area contributed by atoms with Crippen molar-refractivity contribution in [2.75, 3.05) is 6.67 Å². The summed E-state index contributed by atoms with van der Waals surface area (Å²) < 4.78 is 12.3. The molecular formula is C33H53F. The molecule has 0 N–H and O–H groups in total. The summed E-state index contributed by atoms with van der Waals surface area (Å²) in [5, 5.41) is 0. The molecule has 0 spiro atoms. The number of halogens is 1. The summed E-state index contributed by atoms with van der Waals surface area (Å²) in [6, 6.07) is 9.20. The van der Waals surface area contributed by atoms with Gasteiger partial charge in [-0.1, -0.05) is 69.7 Å². The number of alkyl halides is 1. The summed E-state index contributed by atoms with van der Waals surface area (Å²) in [7, 11) is 0. The zero-order valence-corrected chi connectivity index (χ0v) is 22.3. The van der Waals surface area contributed by atoms with Gasteiger partial charge in [0.15, 0.2) is 0 Å². The van der Waals surface area contributed by atoms with E-state index in [0.717, 1.165) is 48.3 Å². The molecule has 0 heterocycles. The average molecular weight is 469 g/mol. The molecule has 0 aliphatic heterocycles. The maximum atomic E-state index is 12.3. The van der Waals surface area contributed by atoms with Crippen molar-refractivity contribution in [3.05, 3.63) is 35.4 Å². The number of aryl methyl sites for hydroxylation is 2. The Bertz CT molecular complexity index is 654. The molecule has 34 heavy (non-hydrogen) atoms. The highest BCUT2D eigenvalue weighted by Gasteiger charge is 2.34. The minimum absolute atomic E-state index is 0.179. The minimum atomic E-state index is -0.179. The van der Waals surface area contributed by atoms with Crippen molar-refractivity contribution in [1.82, 2.24) is 0 Å². The van der Waals surface area contributed by atoms with Gasteiger partial charge in [0.25, 0.3) is 0 Å². The standard InChI is InChI=1S/C33H53F/c1-2-5-26-13-17-30(18-14-26)32-21-23-33(24-22-32)31-19-15-29(16-20-31)12-11-28-9-7-27(8-10-28)6-3-4-25-34/h7-10,26,29-33H,2-6,11-25H2,1H3. The fourth-order valence-corrected chi connectivity index (χ4v) is 8.06. The van der Waals surface area contributed by atoms with Gasteiger partial charge in [-0.3, -0.25) is 4.39 Å². The first-order valence-electron chi connectivity index (χ1n) is 15.4. The summed E-state index contributed by atoms with van der Waals surface area (Å²) in [4.78, 5) is 0. The summed E-state index contributed by atoms with van der Waals surface area (Å²) in [5.74, 6) is 6.26. The molecule has 3 saturated carbocycles. The van der Waals surface area contributed by atoms with Gasteiger partial charge in [0, 0.05) is 0 Å². The maximum Gasteiger partial charge on any atom is 0.0894 e. The van der Waals surface area contributed by atoms with Gasteiger partial charge >= 0.3 is 0 Å². The van der Waals surface area contributed by atoms with Gasteiger partial charge in [0.1, 0.15) is 0 Å². The van der Waals surface area contributed by atoms with Crippen molar-refractivity contribution in [2.24, 2.45) is 35.5 Å². The molecule has 3 fully saturated rings. The molecule has 3 aliphatic carbocycles. The smallest absolute Gasteiger partial charge is 0.0894 e. The fraction of sp³-hybridized carbons (Fsp3) is 0.818. The molecule has 0 saturated heterocycles. The molecule has 1 heteroatoms. The van der Waals surface area contributed by atoms with Gasteiger partial charge in [0.2, 0.25) is 0 Å². The van der Waals surface area contributed by atoms with Gasteiger partial charge in [-0.2, -0.15) is 0 Å². The van der Waals surface area contributed by atoms with E-state index >= 15 is 0 Å². The van der Waals surface area contributed by atoms with E-state index in [1.54, 1.807) is 38.5 Å². The molecular weight excluding hydrogens is 415 g/mol. The molecule has 0 unspecified atom stereocenters. The van der Waals surface area contributed by atoms with Crippen molar-refractivity contribution in [3.63, 3.8) is 0 Å². The predicted molar refractivity (Wildman–Crippen MR) is 145 cm³/mol. The Morgan fingerprint density at radius 1 is 0.559 bits per heavy atom. The number of unbranched alkanes of at least 4 members (excludes halogenated alkanes) is 1. The first kappa shape index (κ1) is 26.2. The Hall–Kier alpha value is -0.850.